The van der Waals surface area contributed by atoms with Gasteiger partial charge in [0.1, 0.15) is 11.2 Å². The van der Waals surface area contributed by atoms with E-state index in [4.69, 9.17) is 8.83 Å². The number of aromatic nitrogens is 2. The SMILES string of the molecule is CCc1cccc2c1oc1c(N(c3ccccc3)c3ccc4c(c3)c3cccc5c6cc7c(cc6n4c35)c3cccc4c5cc(N(c6ccccc6)c6cccc8c6oc6c(CC)cccc68)ccc5n7c43)cccc12. The van der Waals surface area contributed by atoms with E-state index in [0.717, 1.165) is 90.8 Å². The minimum absolute atomic E-state index is 0.890. The number of hydrogen-bond donors (Lipinski definition) is 0. The number of nitrogens with zero attached hydrogens (tertiary/aromatic N) is 4. The lowest BCUT2D eigenvalue weighted by molar-refractivity contribution is 0.663. The van der Waals surface area contributed by atoms with Crippen molar-refractivity contribution < 1.29 is 8.83 Å². The van der Waals surface area contributed by atoms with Crippen LogP contribution in [0.5, 0.6) is 0 Å². The lowest BCUT2D eigenvalue weighted by atomic mass is 10.0. The average molecular weight is 975 g/mol. The average Bonchev–Trinajstić information content (AvgIpc) is 4.50. The Balaban J connectivity index is 0.852. The Morgan fingerprint density at radius 2 is 0.645 bits per heavy atom. The molecule has 0 spiro atoms. The Morgan fingerprint density at radius 1 is 0.289 bits per heavy atom. The Hall–Kier alpha value is -9.78. The standard InChI is InChI=1S/C70H46N4O2/c1-3-41-17-11-27-51-53-29-15-31-61(69(53)75-67(41)51)71(43-19-7-5-8-20-43)45-33-35-59-55(37-45)47-23-13-25-49-57-40-64-58(39-63(57)73(59)65(47)49)50-26-14-24-48-56-38-46(34-36-60(56)74(64)66(48)50)72(44-21-9-6-10-22-44)62-32-16-30-54-52-28-12-18-42(4-2)68(52)76-70(54)62/h5-40H,3-4H2,1-2H3. The van der Waals surface area contributed by atoms with Crippen LogP contribution in [0.15, 0.2) is 227 Å². The molecule has 0 bridgehead atoms. The lowest BCUT2D eigenvalue weighted by Gasteiger charge is -2.25. The Morgan fingerprint density at radius 3 is 1.05 bits per heavy atom. The minimum atomic E-state index is 0.890. The smallest absolute Gasteiger partial charge is 0.159 e. The van der Waals surface area contributed by atoms with Crippen molar-refractivity contribution in [2.75, 3.05) is 9.80 Å². The second-order valence-electron chi connectivity index (χ2n) is 20.5. The molecule has 0 unspecified atom stereocenters. The molecule has 6 nitrogen and oxygen atoms in total. The van der Waals surface area contributed by atoms with E-state index in [2.05, 4.69) is 251 Å². The molecule has 0 fully saturated rings. The fourth-order valence-corrected chi connectivity index (χ4v) is 13.4. The van der Waals surface area contributed by atoms with Gasteiger partial charge in [-0.1, -0.05) is 147 Å². The molecule has 0 atom stereocenters. The van der Waals surface area contributed by atoms with Crippen molar-refractivity contribution in [1.82, 2.24) is 8.80 Å². The highest BCUT2D eigenvalue weighted by Gasteiger charge is 2.27. The maximum atomic E-state index is 6.88. The third kappa shape index (κ3) is 5.49. The van der Waals surface area contributed by atoms with Gasteiger partial charge in [-0.25, -0.2) is 0 Å². The van der Waals surface area contributed by atoms with Crippen LogP contribution in [0.25, 0.3) is 120 Å². The van der Waals surface area contributed by atoms with Crippen LogP contribution in [0.4, 0.5) is 34.1 Å². The Bertz CT molecular complexity index is 4890. The molecule has 0 saturated carbocycles. The van der Waals surface area contributed by atoms with E-state index in [1.54, 1.807) is 0 Å². The van der Waals surface area contributed by atoms with Crippen LogP contribution in [0.1, 0.15) is 25.0 Å². The Kier molecular flexibility index (Phi) is 8.44. The normalized spacial score (nSPS) is 12.4. The summed E-state index contributed by atoms with van der Waals surface area (Å²) >= 11 is 0. The van der Waals surface area contributed by atoms with Gasteiger partial charge in [0, 0.05) is 87.4 Å². The van der Waals surface area contributed by atoms with Gasteiger partial charge in [0.25, 0.3) is 0 Å². The number of furan rings is 2. The summed E-state index contributed by atoms with van der Waals surface area (Å²) in [5, 5.41) is 14.5. The zero-order valence-corrected chi connectivity index (χ0v) is 41.8. The topological polar surface area (TPSA) is 41.6 Å². The maximum absolute atomic E-state index is 6.88. The predicted molar refractivity (Wildman–Crippen MR) is 318 cm³/mol. The van der Waals surface area contributed by atoms with Crippen LogP contribution >= 0.6 is 0 Å². The second kappa shape index (κ2) is 15.4. The van der Waals surface area contributed by atoms with E-state index in [-0.39, 0.29) is 0 Å². The quantitative estimate of drug-likeness (QED) is 0.152. The summed E-state index contributed by atoms with van der Waals surface area (Å²) in [7, 11) is 0. The van der Waals surface area contributed by atoms with Gasteiger partial charge in [-0.05, 0) is 109 Å². The molecule has 6 aromatic heterocycles. The summed E-state index contributed by atoms with van der Waals surface area (Å²) in [6.45, 7) is 4.39. The van der Waals surface area contributed by atoms with Crippen molar-refractivity contribution in [1.29, 1.82) is 0 Å². The molecule has 17 aromatic rings. The van der Waals surface area contributed by atoms with E-state index in [0.29, 0.717) is 0 Å². The molecular formula is C70H46N4O2. The van der Waals surface area contributed by atoms with Gasteiger partial charge in [-0.2, -0.15) is 0 Å². The number of benzene rings is 11. The molecule has 17 rings (SSSR count). The molecule has 0 radical (unpaired) electrons. The summed E-state index contributed by atoms with van der Waals surface area (Å²) < 4.78 is 18.8. The second-order valence-corrected chi connectivity index (χ2v) is 20.5. The van der Waals surface area contributed by atoms with Gasteiger partial charge in [0.15, 0.2) is 11.2 Å². The monoisotopic (exact) mass is 974 g/mol. The zero-order valence-electron chi connectivity index (χ0n) is 41.8. The van der Waals surface area contributed by atoms with E-state index in [9.17, 15) is 0 Å². The van der Waals surface area contributed by atoms with Gasteiger partial charge in [0.2, 0.25) is 0 Å². The summed E-state index contributed by atoms with van der Waals surface area (Å²) in [6.07, 6.45) is 1.81. The molecule has 0 aliphatic heterocycles. The van der Waals surface area contributed by atoms with Gasteiger partial charge in [-0.15, -0.1) is 0 Å². The summed E-state index contributed by atoms with van der Waals surface area (Å²) in [6, 6.07) is 80.1. The summed E-state index contributed by atoms with van der Waals surface area (Å²) in [5.41, 5.74) is 19.8. The third-order valence-electron chi connectivity index (χ3n) is 16.7. The van der Waals surface area contributed by atoms with Crippen molar-refractivity contribution in [3.8, 4) is 0 Å². The molecule has 358 valence electrons. The van der Waals surface area contributed by atoms with Crippen molar-refractivity contribution in [2.24, 2.45) is 0 Å². The molecule has 0 amide bonds. The van der Waals surface area contributed by atoms with Crippen molar-refractivity contribution >= 4 is 154 Å². The molecule has 76 heavy (non-hydrogen) atoms. The van der Waals surface area contributed by atoms with Gasteiger partial charge in [-0.3, -0.25) is 0 Å². The first-order valence-electron chi connectivity index (χ1n) is 26.5. The molecule has 0 aliphatic carbocycles. The number of rotatable bonds is 8. The molecule has 0 N–H and O–H groups in total. The highest BCUT2D eigenvalue weighted by Crippen LogP contribution is 2.49. The van der Waals surface area contributed by atoms with Crippen LogP contribution < -0.4 is 9.80 Å². The summed E-state index contributed by atoms with van der Waals surface area (Å²) in [5.74, 6) is 0. The zero-order chi connectivity index (χ0) is 49.9. The lowest BCUT2D eigenvalue weighted by Crippen LogP contribution is -2.10. The van der Waals surface area contributed by atoms with E-state index < -0.39 is 0 Å². The van der Waals surface area contributed by atoms with Crippen LogP contribution in [0, 0.1) is 0 Å². The molecular weight excluding hydrogens is 929 g/mol. The van der Waals surface area contributed by atoms with Crippen molar-refractivity contribution in [3.63, 3.8) is 0 Å². The molecule has 6 heterocycles. The maximum Gasteiger partial charge on any atom is 0.159 e. The first-order chi connectivity index (χ1) is 37.6. The fraction of sp³-hybridized carbons (Fsp3) is 0.0571. The number of hydrogen-bond acceptors (Lipinski definition) is 4. The van der Waals surface area contributed by atoms with Crippen molar-refractivity contribution in [2.45, 2.75) is 26.7 Å². The van der Waals surface area contributed by atoms with Crippen LogP contribution in [-0.2, 0) is 12.8 Å². The molecule has 11 aromatic carbocycles. The fourth-order valence-electron chi connectivity index (χ4n) is 13.4. The number of aryl methyl sites for hydroxylation is 2. The van der Waals surface area contributed by atoms with E-state index >= 15 is 0 Å². The van der Waals surface area contributed by atoms with E-state index in [1.165, 1.54) is 87.3 Å². The van der Waals surface area contributed by atoms with Gasteiger partial charge in [0.05, 0.1) is 44.5 Å². The molecule has 6 heteroatoms. The first kappa shape index (κ1) is 41.7. The Labute approximate surface area is 435 Å². The van der Waals surface area contributed by atoms with Crippen LogP contribution in [-0.4, -0.2) is 8.80 Å². The van der Waals surface area contributed by atoms with Crippen LogP contribution in [0.3, 0.4) is 0 Å². The number of fused-ring (bicyclic) bond motifs is 18. The molecule has 0 aliphatic rings. The number of anilines is 6. The first-order valence-corrected chi connectivity index (χ1v) is 26.5. The van der Waals surface area contributed by atoms with Gasteiger partial charge >= 0.3 is 0 Å². The third-order valence-corrected chi connectivity index (χ3v) is 16.7. The molecule has 0 saturated heterocycles. The van der Waals surface area contributed by atoms with Crippen LogP contribution in [0.2, 0.25) is 0 Å². The minimum Gasteiger partial charge on any atom is -0.454 e. The summed E-state index contributed by atoms with van der Waals surface area (Å²) in [4.78, 5) is 4.72. The number of para-hydroxylation sites is 8. The highest BCUT2D eigenvalue weighted by atomic mass is 16.3. The van der Waals surface area contributed by atoms with Crippen molar-refractivity contribution in [3.05, 3.63) is 230 Å². The van der Waals surface area contributed by atoms with Gasteiger partial charge < -0.3 is 27.4 Å². The predicted octanol–water partition coefficient (Wildman–Crippen LogP) is 19.9. The highest BCUT2D eigenvalue weighted by molar-refractivity contribution is 6.29. The largest absolute Gasteiger partial charge is 0.454 e. The van der Waals surface area contributed by atoms with E-state index in [1.807, 2.05) is 0 Å².